The first-order valence-electron chi connectivity index (χ1n) is 6.76. The molecule has 2 nitrogen and oxygen atoms in total. The summed E-state index contributed by atoms with van der Waals surface area (Å²) >= 11 is 0. The van der Waals surface area contributed by atoms with Crippen molar-refractivity contribution >= 4 is 5.78 Å². The molecule has 0 unspecified atom stereocenters. The molecule has 0 radical (unpaired) electrons. The molecular weight excluding hydrogens is 246 g/mol. The summed E-state index contributed by atoms with van der Waals surface area (Å²) in [7, 11) is 0. The van der Waals surface area contributed by atoms with Gasteiger partial charge in [-0.3, -0.25) is 4.79 Å². The van der Waals surface area contributed by atoms with Gasteiger partial charge in [-0.2, -0.15) is 0 Å². The first kappa shape index (κ1) is 14.1. The quantitative estimate of drug-likeness (QED) is 0.650. The standard InChI is InChI=1S/C18H19NO/c1-14(13-18(20)17-11-7-4-8-12-17)19-15(2)16-9-5-3-6-10-16/h3-13,15,19H,1-2H3/b14-13+/t15-/m1/s1. The normalized spacial score (nSPS) is 12.8. The summed E-state index contributed by atoms with van der Waals surface area (Å²) in [6.07, 6.45) is 1.65. The molecule has 0 fully saturated rings. The molecule has 2 aromatic carbocycles. The van der Waals surface area contributed by atoms with Crippen molar-refractivity contribution < 1.29 is 4.79 Å². The maximum Gasteiger partial charge on any atom is 0.187 e. The van der Waals surface area contributed by atoms with Crippen LogP contribution in [0.4, 0.5) is 0 Å². The highest BCUT2D eigenvalue weighted by atomic mass is 16.1. The molecule has 2 heteroatoms. The van der Waals surface area contributed by atoms with Crippen LogP contribution in [0, 0.1) is 0 Å². The molecule has 1 N–H and O–H groups in total. The van der Waals surface area contributed by atoms with E-state index in [4.69, 9.17) is 0 Å². The van der Waals surface area contributed by atoms with E-state index in [-0.39, 0.29) is 11.8 Å². The Morgan fingerprint density at radius 2 is 1.55 bits per heavy atom. The second-order valence-corrected chi connectivity index (χ2v) is 4.83. The van der Waals surface area contributed by atoms with E-state index in [9.17, 15) is 4.79 Å². The van der Waals surface area contributed by atoms with E-state index in [1.165, 1.54) is 5.56 Å². The molecule has 0 amide bonds. The van der Waals surface area contributed by atoms with E-state index in [2.05, 4.69) is 24.4 Å². The van der Waals surface area contributed by atoms with Gasteiger partial charge in [-0.25, -0.2) is 0 Å². The van der Waals surface area contributed by atoms with Gasteiger partial charge in [0.1, 0.15) is 0 Å². The zero-order valence-electron chi connectivity index (χ0n) is 11.8. The van der Waals surface area contributed by atoms with Crippen molar-refractivity contribution in [3.05, 3.63) is 83.6 Å². The molecular formula is C18H19NO. The van der Waals surface area contributed by atoms with Crippen molar-refractivity contribution in [1.82, 2.24) is 5.32 Å². The third-order valence-corrected chi connectivity index (χ3v) is 3.15. The number of nitrogens with one attached hydrogen (secondary N) is 1. The van der Waals surface area contributed by atoms with Gasteiger partial charge in [0.2, 0.25) is 0 Å². The minimum atomic E-state index is 0.0239. The number of carbonyl (C=O) groups is 1. The molecule has 102 valence electrons. The van der Waals surface area contributed by atoms with Gasteiger partial charge in [-0.1, -0.05) is 60.7 Å². The van der Waals surface area contributed by atoms with Crippen molar-refractivity contribution in [2.45, 2.75) is 19.9 Å². The maximum absolute atomic E-state index is 12.1. The molecule has 0 bridgehead atoms. The van der Waals surface area contributed by atoms with Crippen molar-refractivity contribution in [1.29, 1.82) is 0 Å². The fraction of sp³-hybridized carbons (Fsp3) is 0.167. The Morgan fingerprint density at radius 3 is 2.15 bits per heavy atom. The van der Waals surface area contributed by atoms with Gasteiger partial charge < -0.3 is 5.32 Å². The summed E-state index contributed by atoms with van der Waals surface area (Å²) in [4.78, 5) is 12.1. The van der Waals surface area contributed by atoms with Gasteiger partial charge in [-0.15, -0.1) is 0 Å². The molecule has 0 aliphatic rings. The number of rotatable bonds is 5. The van der Waals surface area contributed by atoms with Crippen LogP contribution in [0.15, 0.2) is 72.4 Å². The maximum atomic E-state index is 12.1. The first-order chi connectivity index (χ1) is 9.66. The smallest absolute Gasteiger partial charge is 0.187 e. The van der Waals surface area contributed by atoms with Crippen LogP contribution in [0.1, 0.15) is 35.8 Å². The summed E-state index contributed by atoms with van der Waals surface area (Å²) in [5.41, 5.74) is 2.78. The van der Waals surface area contributed by atoms with E-state index in [0.717, 1.165) is 5.70 Å². The largest absolute Gasteiger partial charge is 0.382 e. The van der Waals surface area contributed by atoms with E-state index in [0.29, 0.717) is 5.56 Å². The highest BCUT2D eigenvalue weighted by Gasteiger charge is 2.06. The van der Waals surface area contributed by atoms with Gasteiger partial charge in [-0.05, 0) is 19.4 Å². The first-order valence-corrected chi connectivity index (χ1v) is 6.76. The lowest BCUT2D eigenvalue weighted by Gasteiger charge is -2.15. The van der Waals surface area contributed by atoms with Gasteiger partial charge in [0.05, 0.1) is 0 Å². The Hall–Kier alpha value is -2.35. The lowest BCUT2D eigenvalue weighted by Crippen LogP contribution is -2.17. The summed E-state index contributed by atoms with van der Waals surface area (Å²) in [5, 5.41) is 3.34. The van der Waals surface area contributed by atoms with E-state index in [1.54, 1.807) is 6.08 Å². The highest BCUT2D eigenvalue weighted by molar-refractivity contribution is 6.04. The topological polar surface area (TPSA) is 29.1 Å². The Bertz CT molecular complexity index is 587. The minimum absolute atomic E-state index is 0.0239. The number of hydrogen-bond donors (Lipinski definition) is 1. The number of carbonyl (C=O) groups excluding carboxylic acids is 1. The Labute approximate surface area is 120 Å². The monoisotopic (exact) mass is 265 g/mol. The Balaban J connectivity index is 2.03. The highest BCUT2D eigenvalue weighted by Crippen LogP contribution is 2.13. The van der Waals surface area contributed by atoms with E-state index < -0.39 is 0 Å². The van der Waals surface area contributed by atoms with Crippen LogP contribution >= 0.6 is 0 Å². The Kier molecular flexibility index (Phi) is 4.72. The second-order valence-electron chi connectivity index (χ2n) is 4.83. The van der Waals surface area contributed by atoms with Crippen LogP contribution in [0.2, 0.25) is 0 Å². The predicted molar refractivity (Wildman–Crippen MR) is 82.5 cm³/mol. The lowest BCUT2D eigenvalue weighted by molar-refractivity contribution is 0.104. The molecule has 0 aliphatic heterocycles. The molecule has 0 spiro atoms. The third-order valence-electron chi connectivity index (χ3n) is 3.15. The van der Waals surface area contributed by atoms with Crippen LogP contribution in [-0.4, -0.2) is 5.78 Å². The summed E-state index contributed by atoms with van der Waals surface area (Å²) in [5.74, 6) is 0.0239. The third kappa shape index (κ3) is 3.82. The molecule has 2 aromatic rings. The molecule has 2 rings (SSSR count). The summed E-state index contributed by atoms with van der Waals surface area (Å²) in [6.45, 7) is 4.00. The number of ketones is 1. The van der Waals surface area contributed by atoms with Crippen LogP contribution in [0.5, 0.6) is 0 Å². The molecule has 0 heterocycles. The Morgan fingerprint density at radius 1 is 1.00 bits per heavy atom. The zero-order valence-corrected chi connectivity index (χ0v) is 11.8. The van der Waals surface area contributed by atoms with Crippen LogP contribution in [-0.2, 0) is 0 Å². The fourth-order valence-corrected chi connectivity index (χ4v) is 2.09. The average molecular weight is 265 g/mol. The minimum Gasteiger partial charge on any atom is -0.382 e. The lowest BCUT2D eigenvalue weighted by atomic mass is 10.1. The van der Waals surface area contributed by atoms with E-state index in [1.807, 2.05) is 55.5 Å². The van der Waals surface area contributed by atoms with Crippen molar-refractivity contribution in [2.75, 3.05) is 0 Å². The van der Waals surface area contributed by atoms with Crippen molar-refractivity contribution in [3.63, 3.8) is 0 Å². The second kappa shape index (κ2) is 6.71. The number of benzene rings is 2. The molecule has 0 saturated heterocycles. The number of allylic oxidation sites excluding steroid dienone is 2. The van der Waals surface area contributed by atoms with Gasteiger partial charge in [0, 0.05) is 23.4 Å². The summed E-state index contributed by atoms with van der Waals surface area (Å²) in [6, 6.07) is 19.7. The van der Waals surface area contributed by atoms with Crippen LogP contribution < -0.4 is 5.32 Å². The fourth-order valence-electron chi connectivity index (χ4n) is 2.09. The summed E-state index contributed by atoms with van der Waals surface area (Å²) < 4.78 is 0. The molecule has 0 aliphatic carbocycles. The molecule has 20 heavy (non-hydrogen) atoms. The zero-order chi connectivity index (χ0) is 14.4. The van der Waals surface area contributed by atoms with Crippen molar-refractivity contribution in [3.8, 4) is 0 Å². The predicted octanol–water partition coefficient (Wildman–Crippen LogP) is 4.12. The molecule has 1 atom stereocenters. The van der Waals surface area contributed by atoms with Crippen molar-refractivity contribution in [2.24, 2.45) is 0 Å². The van der Waals surface area contributed by atoms with Gasteiger partial charge in [0.25, 0.3) is 0 Å². The van der Waals surface area contributed by atoms with Crippen LogP contribution in [0.3, 0.4) is 0 Å². The average Bonchev–Trinajstić information content (AvgIpc) is 2.49. The SMILES string of the molecule is C/C(=C\C(=O)c1ccccc1)N[C@H](C)c1ccccc1. The number of hydrogen-bond acceptors (Lipinski definition) is 2. The van der Waals surface area contributed by atoms with Gasteiger partial charge >= 0.3 is 0 Å². The molecule has 0 saturated carbocycles. The van der Waals surface area contributed by atoms with E-state index >= 15 is 0 Å². The van der Waals surface area contributed by atoms with Gasteiger partial charge in [0.15, 0.2) is 5.78 Å². The van der Waals surface area contributed by atoms with Crippen LogP contribution in [0.25, 0.3) is 0 Å². The molecule has 0 aromatic heterocycles.